The van der Waals surface area contributed by atoms with Gasteiger partial charge in [0.2, 0.25) is 0 Å². The van der Waals surface area contributed by atoms with Crippen LogP contribution in [0.3, 0.4) is 0 Å². The number of fused-ring (bicyclic) bond motifs is 1. The van der Waals surface area contributed by atoms with Gasteiger partial charge in [-0.2, -0.15) is 0 Å². The minimum absolute atomic E-state index is 0. The fourth-order valence-electron chi connectivity index (χ4n) is 1.04. The largest absolute Gasteiger partial charge is 0.347 e. The average molecular weight is 207 g/mol. The number of halogens is 2. The van der Waals surface area contributed by atoms with Crippen molar-refractivity contribution < 1.29 is 4.79 Å². The van der Waals surface area contributed by atoms with Gasteiger partial charge in [0.25, 0.3) is 5.91 Å². The molecule has 0 unspecified atom stereocenters. The monoisotopic (exact) mass is 206 g/mol. The highest BCUT2D eigenvalue weighted by Crippen LogP contribution is 2.10. The van der Waals surface area contributed by atoms with Crippen LogP contribution in [-0.4, -0.2) is 10.9 Å². The third-order valence-electron chi connectivity index (χ3n) is 1.55. The zero-order valence-corrected chi connectivity index (χ0v) is 7.74. The Bertz CT molecular complexity index is 290. The van der Waals surface area contributed by atoms with Gasteiger partial charge >= 0.3 is 0 Å². The first-order valence-electron chi connectivity index (χ1n) is 3.10. The highest BCUT2D eigenvalue weighted by Gasteiger charge is 2.18. The van der Waals surface area contributed by atoms with Crippen LogP contribution >= 0.6 is 24.8 Å². The molecule has 0 saturated carbocycles. The molecule has 5 heteroatoms. The molecule has 1 N–H and O–H groups in total. The Morgan fingerprint density at radius 3 is 2.83 bits per heavy atom. The van der Waals surface area contributed by atoms with Crippen LogP contribution in [0.2, 0.25) is 0 Å². The molecule has 1 aliphatic rings. The van der Waals surface area contributed by atoms with Gasteiger partial charge in [0.05, 0.1) is 0 Å². The topological polar surface area (TPSA) is 42.0 Å². The standard InChI is InChI=1S/C7H6N2O.2ClH/c10-7-6-5(4-9-7)2-1-3-8-6;;/h1-3H,4H2,(H,9,10);2*1H. The summed E-state index contributed by atoms with van der Waals surface area (Å²) < 4.78 is 0. The summed E-state index contributed by atoms with van der Waals surface area (Å²) in [5.41, 5.74) is 1.56. The molecule has 0 spiro atoms. The second-order valence-electron chi connectivity index (χ2n) is 2.19. The highest BCUT2D eigenvalue weighted by molar-refractivity contribution is 5.96. The predicted molar refractivity (Wildman–Crippen MR) is 49.9 cm³/mol. The van der Waals surface area contributed by atoms with E-state index in [1.807, 2.05) is 12.1 Å². The van der Waals surface area contributed by atoms with Crippen molar-refractivity contribution in [1.82, 2.24) is 10.3 Å². The fraction of sp³-hybridized carbons (Fsp3) is 0.143. The number of nitrogens with zero attached hydrogens (tertiary/aromatic N) is 1. The first-order valence-corrected chi connectivity index (χ1v) is 3.10. The van der Waals surface area contributed by atoms with E-state index < -0.39 is 0 Å². The van der Waals surface area contributed by atoms with Crippen LogP contribution in [0.25, 0.3) is 0 Å². The molecule has 1 aromatic heterocycles. The second-order valence-corrected chi connectivity index (χ2v) is 2.19. The van der Waals surface area contributed by atoms with Gasteiger partial charge in [0.1, 0.15) is 5.69 Å². The summed E-state index contributed by atoms with van der Waals surface area (Å²) in [7, 11) is 0. The first-order chi connectivity index (χ1) is 4.88. The number of nitrogens with one attached hydrogen (secondary N) is 1. The van der Waals surface area contributed by atoms with Crippen LogP contribution in [0.15, 0.2) is 18.3 Å². The molecule has 0 atom stereocenters. The Kier molecular flexibility index (Phi) is 4.00. The number of aromatic nitrogens is 1. The lowest BCUT2D eigenvalue weighted by atomic mass is 10.2. The third kappa shape index (κ3) is 1.68. The molecular formula is C7H8Cl2N2O. The van der Waals surface area contributed by atoms with E-state index in [9.17, 15) is 4.79 Å². The lowest BCUT2D eigenvalue weighted by Crippen LogP contribution is -2.13. The van der Waals surface area contributed by atoms with Crippen LogP contribution in [0.1, 0.15) is 16.1 Å². The van der Waals surface area contributed by atoms with Crippen molar-refractivity contribution in [3.63, 3.8) is 0 Å². The summed E-state index contributed by atoms with van der Waals surface area (Å²) in [5.74, 6) is -0.0596. The predicted octanol–water partition coefficient (Wildman–Crippen LogP) is 1.17. The van der Waals surface area contributed by atoms with Crippen LogP contribution in [0, 0.1) is 0 Å². The van der Waals surface area contributed by atoms with E-state index in [2.05, 4.69) is 10.3 Å². The van der Waals surface area contributed by atoms with E-state index in [-0.39, 0.29) is 30.7 Å². The number of amides is 1. The molecule has 0 fully saturated rings. The summed E-state index contributed by atoms with van der Waals surface area (Å²) in [6, 6.07) is 3.74. The summed E-state index contributed by atoms with van der Waals surface area (Å²) in [6.07, 6.45) is 1.63. The third-order valence-corrected chi connectivity index (χ3v) is 1.55. The summed E-state index contributed by atoms with van der Waals surface area (Å²) >= 11 is 0. The smallest absolute Gasteiger partial charge is 0.270 e. The average Bonchev–Trinajstić information content (AvgIpc) is 2.34. The first kappa shape index (κ1) is 11.2. The van der Waals surface area contributed by atoms with Gasteiger partial charge in [-0.3, -0.25) is 9.78 Å². The fourth-order valence-corrected chi connectivity index (χ4v) is 1.04. The molecule has 66 valence electrons. The molecule has 2 heterocycles. The SMILES string of the molecule is Cl.Cl.O=C1NCc2cccnc21. The Hall–Kier alpha value is -0.800. The van der Waals surface area contributed by atoms with E-state index in [1.165, 1.54) is 0 Å². The second kappa shape index (κ2) is 4.28. The van der Waals surface area contributed by atoms with Gasteiger partial charge in [0.15, 0.2) is 0 Å². The molecule has 0 saturated heterocycles. The van der Waals surface area contributed by atoms with Crippen molar-refractivity contribution in [3.8, 4) is 0 Å². The molecule has 1 amide bonds. The minimum atomic E-state index is -0.0596. The van der Waals surface area contributed by atoms with E-state index >= 15 is 0 Å². The van der Waals surface area contributed by atoms with Crippen molar-refractivity contribution >= 4 is 30.7 Å². The highest BCUT2D eigenvalue weighted by atomic mass is 35.5. The van der Waals surface area contributed by atoms with Crippen molar-refractivity contribution in [2.75, 3.05) is 0 Å². The van der Waals surface area contributed by atoms with E-state index in [4.69, 9.17) is 0 Å². The number of carbonyl (C=O) groups excluding carboxylic acids is 1. The summed E-state index contributed by atoms with van der Waals surface area (Å²) in [4.78, 5) is 14.8. The number of hydrogen-bond donors (Lipinski definition) is 1. The lowest BCUT2D eigenvalue weighted by molar-refractivity contribution is 0.0961. The maximum absolute atomic E-state index is 10.9. The van der Waals surface area contributed by atoms with E-state index in [0.29, 0.717) is 12.2 Å². The number of rotatable bonds is 0. The van der Waals surface area contributed by atoms with Crippen LogP contribution in [-0.2, 0) is 6.54 Å². The number of hydrogen-bond acceptors (Lipinski definition) is 2. The Morgan fingerprint density at radius 2 is 2.17 bits per heavy atom. The molecule has 0 radical (unpaired) electrons. The van der Waals surface area contributed by atoms with Crippen molar-refractivity contribution in [2.24, 2.45) is 0 Å². The maximum Gasteiger partial charge on any atom is 0.270 e. The molecular weight excluding hydrogens is 199 g/mol. The number of pyridine rings is 1. The molecule has 0 bridgehead atoms. The molecule has 2 rings (SSSR count). The van der Waals surface area contributed by atoms with Crippen LogP contribution < -0.4 is 5.32 Å². The van der Waals surface area contributed by atoms with Crippen molar-refractivity contribution in [2.45, 2.75) is 6.54 Å². The lowest BCUT2D eigenvalue weighted by Gasteiger charge is -1.88. The van der Waals surface area contributed by atoms with Crippen molar-refractivity contribution in [1.29, 1.82) is 0 Å². The zero-order valence-electron chi connectivity index (χ0n) is 6.11. The Morgan fingerprint density at radius 1 is 1.42 bits per heavy atom. The van der Waals surface area contributed by atoms with E-state index in [1.54, 1.807) is 6.20 Å². The van der Waals surface area contributed by atoms with Crippen molar-refractivity contribution in [3.05, 3.63) is 29.6 Å². The normalized spacial score (nSPS) is 12.2. The van der Waals surface area contributed by atoms with Gasteiger partial charge in [-0.05, 0) is 6.07 Å². The quantitative estimate of drug-likeness (QED) is 0.693. The van der Waals surface area contributed by atoms with Gasteiger partial charge in [-0.25, -0.2) is 0 Å². The van der Waals surface area contributed by atoms with Gasteiger partial charge in [-0.1, -0.05) is 6.07 Å². The van der Waals surface area contributed by atoms with Gasteiger partial charge in [0, 0.05) is 18.3 Å². The summed E-state index contributed by atoms with van der Waals surface area (Å²) in [6.45, 7) is 0.627. The summed E-state index contributed by atoms with van der Waals surface area (Å²) in [5, 5.41) is 2.68. The van der Waals surface area contributed by atoms with Crippen LogP contribution in [0.5, 0.6) is 0 Å². The molecule has 3 nitrogen and oxygen atoms in total. The van der Waals surface area contributed by atoms with E-state index in [0.717, 1.165) is 5.56 Å². The molecule has 0 aromatic carbocycles. The zero-order chi connectivity index (χ0) is 6.97. The van der Waals surface area contributed by atoms with Gasteiger partial charge < -0.3 is 5.32 Å². The Labute approximate surface area is 82.4 Å². The minimum Gasteiger partial charge on any atom is -0.347 e. The van der Waals surface area contributed by atoms with Gasteiger partial charge in [-0.15, -0.1) is 24.8 Å². The molecule has 0 aliphatic carbocycles. The Balaban J connectivity index is 0.000000605. The molecule has 12 heavy (non-hydrogen) atoms. The molecule has 1 aliphatic heterocycles. The number of carbonyl (C=O) groups is 1. The van der Waals surface area contributed by atoms with Crippen LogP contribution in [0.4, 0.5) is 0 Å². The molecule has 1 aromatic rings. The maximum atomic E-state index is 10.9.